The first kappa shape index (κ1) is 11.7. The van der Waals surface area contributed by atoms with Gasteiger partial charge in [-0.25, -0.2) is 0 Å². The van der Waals surface area contributed by atoms with Crippen LogP contribution >= 0.6 is 0 Å². The molecule has 1 saturated heterocycles. The van der Waals surface area contributed by atoms with Gasteiger partial charge in [-0.15, -0.1) is 0 Å². The highest BCUT2D eigenvalue weighted by molar-refractivity contribution is 5.83. The summed E-state index contributed by atoms with van der Waals surface area (Å²) in [4.78, 5) is 0. The van der Waals surface area contributed by atoms with Gasteiger partial charge in [-0.05, 0) is 42.2 Å². The fourth-order valence-corrected chi connectivity index (χ4v) is 2.67. The Morgan fingerprint density at radius 2 is 1.89 bits per heavy atom. The number of rotatable bonds is 2. The number of hydrogen-bond donors (Lipinski definition) is 1. The number of hydrogen-bond acceptors (Lipinski definition) is 2. The summed E-state index contributed by atoms with van der Waals surface area (Å²) in [7, 11) is 0. The molecule has 2 heteroatoms. The minimum absolute atomic E-state index is 0.0545. The molecule has 1 aliphatic heterocycles. The quantitative estimate of drug-likeness (QED) is 0.874. The van der Waals surface area contributed by atoms with Gasteiger partial charge < -0.3 is 9.84 Å². The van der Waals surface area contributed by atoms with E-state index in [0.29, 0.717) is 0 Å². The Morgan fingerprint density at radius 3 is 2.61 bits per heavy atom. The fourth-order valence-electron chi connectivity index (χ4n) is 2.67. The molecule has 18 heavy (non-hydrogen) atoms. The Kier molecular flexibility index (Phi) is 3.06. The SMILES string of the molecule is CC1CCC(C(O)c2ccc3ccccc3c2)O1. The predicted molar refractivity (Wildman–Crippen MR) is 72.5 cm³/mol. The van der Waals surface area contributed by atoms with Gasteiger partial charge in [0, 0.05) is 0 Å². The third-order valence-corrected chi connectivity index (χ3v) is 3.73. The number of benzene rings is 2. The number of aliphatic hydroxyl groups excluding tert-OH is 1. The van der Waals surface area contributed by atoms with Gasteiger partial charge in [0.1, 0.15) is 6.10 Å². The van der Waals surface area contributed by atoms with Crippen LogP contribution in [0.15, 0.2) is 42.5 Å². The zero-order chi connectivity index (χ0) is 12.5. The highest BCUT2D eigenvalue weighted by atomic mass is 16.5. The van der Waals surface area contributed by atoms with E-state index >= 15 is 0 Å². The summed E-state index contributed by atoms with van der Waals surface area (Å²) in [6.45, 7) is 2.06. The Labute approximate surface area is 107 Å². The summed E-state index contributed by atoms with van der Waals surface area (Å²) in [5.41, 5.74) is 0.952. The molecule has 1 aliphatic rings. The zero-order valence-corrected chi connectivity index (χ0v) is 10.5. The lowest BCUT2D eigenvalue weighted by Crippen LogP contribution is -2.18. The van der Waals surface area contributed by atoms with Gasteiger partial charge in [-0.2, -0.15) is 0 Å². The molecule has 0 aromatic heterocycles. The van der Waals surface area contributed by atoms with Gasteiger partial charge in [0.25, 0.3) is 0 Å². The van der Waals surface area contributed by atoms with Crippen molar-refractivity contribution >= 4 is 10.8 Å². The van der Waals surface area contributed by atoms with Crippen molar-refractivity contribution in [1.29, 1.82) is 0 Å². The summed E-state index contributed by atoms with van der Waals surface area (Å²) >= 11 is 0. The molecular weight excluding hydrogens is 224 g/mol. The average molecular weight is 242 g/mol. The molecule has 94 valence electrons. The van der Waals surface area contributed by atoms with E-state index in [9.17, 15) is 5.11 Å². The zero-order valence-electron chi connectivity index (χ0n) is 10.5. The maximum atomic E-state index is 10.4. The maximum absolute atomic E-state index is 10.4. The van der Waals surface area contributed by atoms with Crippen LogP contribution in [0.3, 0.4) is 0 Å². The van der Waals surface area contributed by atoms with Crippen molar-refractivity contribution in [3.63, 3.8) is 0 Å². The van der Waals surface area contributed by atoms with E-state index < -0.39 is 6.10 Å². The second-order valence-electron chi connectivity index (χ2n) is 5.11. The molecule has 1 N–H and O–H groups in total. The molecule has 3 rings (SSSR count). The lowest BCUT2D eigenvalue weighted by molar-refractivity contribution is -0.0297. The molecule has 0 radical (unpaired) electrons. The molecule has 2 aromatic rings. The lowest BCUT2D eigenvalue weighted by atomic mass is 9.99. The highest BCUT2D eigenvalue weighted by Crippen LogP contribution is 2.31. The fraction of sp³-hybridized carbons (Fsp3) is 0.375. The van der Waals surface area contributed by atoms with E-state index in [2.05, 4.69) is 31.2 Å². The molecular formula is C16H18O2. The van der Waals surface area contributed by atoms with Gasteiger partial charge in [-0.1, -0.05) is 36.4 Å². The van der Waals surface area contributed by atoms with Gasteiger partial charge in [-0.3, -0.25) is 0 Å². The standard InChI is InChI=1S/C16H18O2/c1-11-6-9-15(18-11)16(17)14-8-7-12-4-2-3-5-13(12)10-14/h2-5,7-8,10-11,15-17H,6,9H2,1H3. The van der Waals surface area contributed by atoms with Crippen LogP contribution in [0.5, 0.6) is 0 Å². The molecule has 3 unspecified atom stereocenters. The Balaban J connectivity index is 1.89. The summed E-state index contributed by atoms with van der Waals surface area (Å²) in [6.07, 6.45) is 1.68. The van der Waals surface area contributed by atoms with E-state index in [4.69, 9.17) is 4.74 Å². The van der Waals surface area contributed by atoms with Gasteiger partial charge >= 0.3 is 0 Å². The van der Waals surface area contributed by atoms with Crippen molar-refractivity contribution in [2.45, 2.75) is 38.1 Å². The van der Waals surface area contributed by atoms with Crippen LogP contribution < -0.4 is 0 Å². The summed E-state index contributed by atoms with van der Waals surface area (Å²) in [5, 5.41) is 12.7. The second kappa shape index (κ2) is 4.71. The third kappa shape index (κ3) is 2.14. The van der Waals surface area contributed by atoms with Gasteiger partial charge in [0.2, 0.25) is 0 Å². The summed E-state index contributed by atoms with van der Waals surface area (Å²) in [6, 6.07) is 14.3. The van der Waals surface area contributed by atoms with Crippen molar-refractivity contribution in [3.8, 4) is 0 Å². The molecule has 2 aromatic carbocycles. The van der Waals surface area contributed by atoms with Gasteiger partial charge in [0.15, 0.2) is 0 Å². The van der Waals surface area contributed by atoms with Crippen molar-refractivity contribution in [3.05, 3.63) is 48.0 Å². The maximum Gasteiger partial charge on any atom is 0.105 e. The Hall–Kier alpha value is -1.38. The molecule has 0 spiro atoms. The van der Waals surface area contributed by atoms with E-state index in [1.807, 2.05) is 18.2 Å². The minimum atomic E-state index is -0.514. The number of aliphatic hydroxyl groups is 1. The molecule has 3 atom stereocenters. The number of fused-ring (bicyclic) bond motifs is 1. The van der Waals surface area contributed by atoms with Crippen molar-refractivity contribution in [1.82, 2.24) is 0 Å². The summed E-state index contributed by atoms with van der Waals surface area (Å²) in [5.74, 6) is 0. The monoisotopic (exact) mass is 242 g/mol. The van der Waals surface area contributed by atoms with Crippen molar-refractivity contribution in [2.24, 2.45) is 0 Å². The minimum Gasteiger partial charge on any atom is -0.386 e. The first-order chi connectivity index (χ1) is 8.74. The highest BCUT2D eigenvalue weighted by Gasteiger charge is 2.29. The third-order valence-electron chi connectivity index (χ3n) is 3.73. The first-order valence-electron chi connectivity index (χ1n) is 6.56. The van der Waals surface area contributed by atoms with Crippen molar-refractivity contribution < 1.29 is 9.84 Å². The Bertz CT molecular complexity index is 550. The largest absolute Gasteiger partial charge is 0.386 e. The van der Waals surface area contributed by atoms with E-state index in [-0.39, 0.29) is 12.2 Å². The van der Waals surface area contributed by atoms with E-state index in [1.165, 1.54) is 10.8 Å². The van der Waals surface area contributed by atoms with Crippen LogP contribution in [0.4, 0.5) is 0 Å². The summed E-state index contributed by atoms with van der Waals surface area (Å²) < 4.78 is 5.74. The van der Waals surface area contributed by atoms with Crippen LogP contribution in [0, 0.1) is 0 Å². The predicted octanol–water partition coefficient (Wildman–Crippen LogP) is 3.44. The molecule has 2 nitrogen and oxygen atoms in total. The van der Waals surface area contributed by atoms with Crippen LogP contribution in [0.25, 0.3) is 10.8 Å². The van der Waals surface area contributed by atoms with Crippen LogP contribution in [0.1, 0.15) is 31.4 Å². The number of ether oxygens (including phenoxy) is 1. The van der Waals surface area contributed by atoms with Crippen LogP contribution in [0.2, 0.25) is 0 Å². The van der Waals surface area contributed by atoms with Crippen LogP contribution in [-0.2, 0) is 4.74 Å². The van der Waals surface area contributed by atoms with E-state index in [0.717, 1.165) is 18.4 Å². The smallest absolute Gasteiger partial charge is 0.105 e. The topological polar surface area (TPSA) is 29.5 Å². The molecule has 0 saturated carbocycles. The average Bonchev–Trinajstić information content (AvgIpc) is 2.84. The van der Waals surface area contributed by atoms with Crippen LogP contribution in [-0.4, -0.2) is 17.3 Å². The lowest BCUT2D eigenvalue weighted by Gasteiger charge is -2.19. The van der Waals surface area contributed by atoms with Crippen molar-refractivity contribution in [2.75, 3.05) is 0 Å². The van der Waals surface area contributed by atoms with E-state index in [1.54, 1.807) is 0 Å². The second-order valence-corrected chi connectivity index (χ2v) is 5.11. The molecule has 0 amide bonds. The van der Waals surface area contributed by atoms with Gasteiger partial charge in [0.05, 0.1) is 12.2 Å². The molecule has 0 aliphatic carbocycles. The first-order valence-corrected chi connectivity index (χ1v) is 6.56. The molecule has 1 fully saturated rings. The molecule has 1 heterocycles. The Morgan fingerprint density at radius 1 is 1.11 bits per heavy atom. The normalized spacial score (nSPS) is 25.4. The molecule has 0 bridgehead atoms.